The molecule has 29 heavy (non-hydrogen) atoms. The molecule has 0 spiro atoms. The summed E-state index contributed by atoms with van der Waals surface area (Å²) in [5, 5.41) is 0. The maximum atomic E-state index is 13.3. The van der Waals surface area contributed by atoms with Gasteiger partial charge in [0.05, 0.1) is 5.56 Å². The first-order valence-corrected chi connectivity index (χ1v) is 10.9. The lowest BCUT2D eigenvalue weighted by Crippen LogP contribution is -2.33. The number of hydrogen-bond acceptors (Lipinski definition) is 4. The van der Waals surface area contributed by atoms with Gasteiger partial charge in [0.25, 0.3) is 0 Å². The summed E-state index contributed by atoms with van der Waals surface area (Å²) >= 11 is 0. The summed E-state index contributed by atoms with van der Waals surface area (Å²) in [6, 6.07) is 5.93. The maximum absolute atomic E-state index is 13.3. The fraction of sp³-hybridized carbons (Fsp3) is 0.480. The summed E-state index contributed by atoms with van der Waals surface area (Å²) in [5.74, 6) is 2.58. The minimum Gasteiger partial charge on any atom is -0.492 e. The highest BCUT2D eigenvalue weighted by Gasteiger charge is 2.43. The molecule has 2 aromatic rings. The van der Waals surface area contributed by atoms with Crippen molar-refractivity contribution in [3.8, 4) is 5.75 Å². The first-order chi connectivity index (χ1) is 14.1. The zero-order valence-corrected chi connectivity index (χ0v) is 17.4. The molecule has 3 aliphatic rings. The second-order valence-electron chi connectivity index (χ2n) is 9.00. The van der Waals surface area contributed by atoms with Crippen LogP contribution in [-0.4, -0.2) is 36.9 Å². The molecule has 0 amide bonds. The molecule has 2 aliphatic carbocycles. The van der Waals surface area contributed by atoms with Crippen LogP contribution in [0.4, 0.5) is 0 Å². The third-order valence-corrected chi connectivity index (χ3v) is 6.70. The van der Waals surface area contributed by atoms with Gasteiger partial charge in [-0.25, -0.2) is 0 Å². The molecule has 1 aliphatic heterocycles. The molecule has 0 atom stereocenters. The largest absolute Gasteiger partial charge is 0.492 e. The molecule has 1 aromatic carbocycles. The second-order valence-corrected chi connectivity index (χ2v) is 9.00. The fourth-order valence-electron chi connectivity index (χ4n) is 5.02. The Morgan fingerprint density at radius 1 is 1.17 bits per heavy atom. The van der Waals surface area contributed by atoms with Gasteiger partial charge in [0.2, 0.25) is 0 Å². The lowest BCUT2D eigenvalue weighted by Gasteiger charge is -2.31. The van der Waals surface area contributed by atoms with E-state index < -0.39 is 0 Å². The number of hydrogen-bond donors (Lipinski definition) is 0. The Balaban J connectivity index is 1.41. The monoisotopic (exact) mass is 391 g/mol. The number of nitrogens with zero attached hydrogens (tertiary/aromatic N) is 1. The van der Waals surface area contributed by atoms with Gasteiger partial charge in [-0.05, 0) is 82.5 Å². The van der Waals surface area contributed by atoms with Gasteiger partial charge in [-0.3, -0.25) is 9.69 Å². The Hall–Kier alpha value is -2.33. The van der Waals surface area contributed by atoms with E-state index >= 15 is 0 Å². The summed E-state index contributed by atoms with van der Waals surface area (Å²) < 4.78 is 12.3. The van der Waals surface area contributed by atoms with Crippen molar-refractivity contribution < 1.29 is 13.9 Å². The average molecular weight is 392 g/mol. The lowest BCUT2D eigenvalue weighted by molar-refractivity contribution is 0.102. The number of carbonyl (C=O) groups is 1. The molecule has 0 N–H and O–H groups in total. The lowest BCUT2D eigenvalue weighted by atomic mass is 9.71. The maximum Gasteiger partial charge on any atom is 0.197 e. The first kappa shape index (κ1) is 18.7. The van der Waals surface area contributed by atoms with Crippen LogP contribution >= 0.6 is 0 Å². The number of allylic oxidation sites excluding steroid dienone is 1. The number of rotatable bonds is 4. The van der Waals surface area contributed by atoms with Crippen molar-refractivity contribution in [2.24, 2.45) is 0 Å². The predicted octanol–water partition coefficient (Wildman–Crippen LogP) is 4.97. The van der Waals surface area contributed by atoms with Gasteiger partial charge in [0, 0.05) is 23.1 Å². The van der Waals surface area contributed by atoms with Crippen LogP contribution < -0.4 is 4.74 Å². The van der Waals surface area contributed by atoms with Crippen LogP contribution in [-0.2, 0) is 11.8 Å². The van der Waals surface area contributed by atoms with Crippen LogP contribution in [0.2, 0.25) is 0 Å². The van der Waals surface area contributed by atoms with E-state index in [9.17, 15) is 4.79 Å². The van der Waals surface area contributed by atoms with E-state index in [1.807, 2.05) is 24.3 Å². The molecule has 152 valence electrons. The molecule has 1 aromatic heterocycles. The summed E-state index contributed by atoms with van der Waals surface area (Å²) in [6.07, 6.45) is 9.90. The van der Waals surface area contributed by atoms with Crippen LogP contribution in [0.15, 0.2) is 28.7 Å². The fourth-order valence-corrected chi connectivity index (χ4v) is 5.02. The Morgan fingerprint density at radius 3 is 2.83 bits per heavy atom. The number of carbonyl (C=O) groups excluding carboxylic acids is 1. The molecule has 0 radical (unpaired) electrons. The summed E-state index contributed by atoms with van der Waals surface area (Å²) in [6.45, 7) is 8.28. The second kappa shape index (κ2) is 7.17. The number of ketones is 1. The van der Waals surface area contributed by atoms with Gasteiger partial charge >= 0.3 is 0 Å². The van der Waals surface area contributed by atoms with Crippen molar-refractivity contribution in [2.75, 3.05) is 26.2 Å². The van der Waals surface area contributed by atoms with Gasteiger partial charge in [-0.15, -0.1) is 0 Å². The molecule has 2 heterocycles. The molecule has 1 saturated heterocycles. The highest BCUT2D eigenvalue weighted by Crippen LogP contribution is 2.46. The first-order valence-electron chi connectivity index (χ1n) is 10.9. The Morgan fingerprint density at radius 2 is 2.00 bits per heavy atom. The van der Waals surface area contributed by atoms with Crippen LogP contribution in [0.3, 0.4) is 0 Å². The molecule has 4 heteroatoms. The summed E-state index contributed by atoms with van der Waals surface area (Å²) in [4.78, 5) is 15.8. The van der Waals surface area contributed by atoms with E-state index in [4.69, 9.17) is 9.15 Å². The molecule has 1 fully saturated rings. The summed E-state index contributed by atoms with van der Waals surface area (Å²) in [7, 11) is 0. The van der Waals surface area contributed by atoms with Gasteiger partial charge in [-0.1, -0.05) is 12.5 Å². The summed E-state index contributed by atoms with van der Waals surface area (Å²) in [5.41, 5.74) is 3.29. The Bertz CT molecular complexity index is 976. The number of likely N-dealkylation sites (tertiary alicyclic amines) is 1. The molecule has 5 rings (SSSR count). The topological polar surface area (TPSA) is 42.7 Å². The van der Waals surface area contributed by atoms with E-state index in [-0.39, 0.29) is 11.2 Å². The van der Waals surface area contributed by atoms with Crippen LogP contribution in [0, 0.1) is 0 Å². The van der Waals surface area contributed by atoms with E-state index in [2.05, 4.69) is 24.8 Å². The number of benzene rings is 1. The highest BCUT2D eigenvalue weighted by atomic mass is 16.5. The Kier molecular flexibility index (Phi) is 4.62. The van der Waals surface area contributed by atoms with Crippen molar-refractivity contribution in [1.29, 1.82) is 0 Å². The van der Waals surface area contributed by atoms with Crippen molar-refractivity contribution in [3.63, 3.8) is 0 Å². The normalized spacial score (nSPS) is 20.1. The van der Waals surface area contributed by atoms with Gasteiger partial charge in [-0.2, -0.15) is 0 Å². The molecule has 4 nitrogen and oxygen atoms in total. The predicted molar refractivity (Wildman–Crippen MR) is 114 cm³/mol. The van der Waals surface area contributed by atoms with Crippen molar-refractivity contribution in [3.05, 3.63) is 58.0 Å². The molecular formula is C25H29NO3. The third-order valence-electron chi connectivity index (χ3n) is 6.70. The minimum atomic E-state index is -0.365. The molecular weight excluding hydrogens is 362 g/mol. The van der Waals surface area contributed by atoms with Gasteiger partial charge < -0.3 is 9.15 Å². The number of fused-ring (bicyclic) bond motifs is 4. The van der Waals surface area contributed by atoms with E-state index in [0.717, 1.165) is 58.9 Å². The van der Waals surface area contributed by atoms with Crippen molar-refractivity contribution in [2.45, 2.75) is 51.4 Å². The number of ether oxygens (including phenoxy) is 1. The smallest absolute Gasteiger partial charge is 0.197 e. The highest BCUT2D eigenvalue weighted by molar-refractivity contribution is 6.14. The third kappa shape index (κ3) is 3.14. The standard InChI is InChI=1S/C25H29NO3/c1-25(2)20-16-17(28-15-14-26-12-6-3-7-13-26)10-11-18(20)23(27)22-19-8-4-5-9-21(19)29-24(22)25/h5,9-11,16H,3-4,6-8,12-15H2,1-2H3. The number of piperidine rings is 1. The quantitative estimate of drug-likeness (QED) is 0.738. The zero-order chi connectivity index (χ0) is 20.0. The Labute approximate surface area is 172 Å². The van der Waals surface area contributed by atoms with Gasteiger partial charge in [0.15, 0.2) is 5.78 Å². The minimum absolute atomic E-state index is 0.0921. The SMILES string of the molecule is CC1(C)c2cc(OCCN3CCCCC3)ccc2C(=O)c2c1oc1c2CCC=C1. The van der Waals surface area contributed by atoms with E-state index in [1.54, 1.807) is 0 Å². The van der Waals surface area contributed by atoms with Gasteiger partial charge in [0.1, 0.15) is 23.9 Å². The molecule has 0 unspecified atom stereocenters. The average Bonchev–Trinajstić information content (AvgIpc) is 3.14. The van der Waals surface area contributed by atoms with Crippen LogP contribution in [0.5, 0.6) is 5.75 Å². The van der Waals surface area contributed by atoms with E-state index in [1.165, 1.54) is 32.4 Å². The molecule has 0 bridgehead atoms. The molecule has 0 saturated carbocycles. The zero-order valence-electron chi connectivity index (χ0n) is 17.4. The van der Waals surface area contributed by atoms with Crippen molar-refractivity contribution >= 4 is 11.9 Å². The van der Waals surface area contributed by atoms with E-state index in [0.29, 0.717) is 6.61 Å². The number of furan rings is 1. The van der Waals surface area contributed by atoms with Crippen LogP contribution in [0.25, 0.3) is 6.08 Å². The van der Waals surface area contributed by atoms with Crippen molar-refractivity contribution in [1.82, 2.24) is 4.90 Å². The van der Waals surface area contributed by atoms with Crippen LogP contribution in [0.1, 0.15) is 78.1 Å².